The van der Waals surface area contributed by atoms with E-state index in [9.17, 15) is 14.4 Å². The van der Waals surface area contributed by atoms with Gasteiger partial charge in [-0.05, 0) is 29.3 Å². The Hall–Kier alpha value is -3.30. The molecule has 0 spiro atoms. The normalized spacial score (nSPS) is 11.0. The van der Waals surface area contributed by atoms with E-state index in [1.807, 2.05) is 36.4 Å². The van der Waals surface area contributed by atoms with Gasteiger partial charge in [-0.25, -0.2) is 9.37 Å². The number of hydrogen-bond acceptors (Lipinski definition) is 4. The van der Waals surface area contributed by atoms with E-state index in [1.165, 1.54) is 41.7 Å². The van der Waals surface area contributed by atoms with Crippen molar-refractivity contribution in [2.75, 3.05) is 5.32 Å². The summed E-state index contributed by atoms with van der Waals surface area (Å²) in [4.78, 5) is 17.5. The second-order valence-electron chi connectivity index (χ2n) is 5.47. The molecule has 2 aromatic carbocycles. The third-order valence-electron chi connectivity index (χ3n) is 3.54. The molecule has 0 aliphatic heterocycles. The minimum absolute atomic E-state index is 0.0728. The summed E-state index contributed by atoms with van der Waals surface area (Å²) in [5, 5.41) is 12.3. The van der Waals surface area contributed by atoms with E-state index in [4.69, 9.17) is 0 Å². The van der Waals surface area contributed by atoms with E-state index >= 15 is 0 Å². The quantitative estimate of drug-likeness (QED) is 0.539. The van der Waals surface area contributed by atoms with Gasteiger partial charge in [0.1, 0.15) is 17.5 Å². The van der Waals surface area contributed by atoms with Crippen LogP contribution in [-0.2, 0) is 11.2 Å². The molecular formula is C20H14FN3OS. The lowest BCUT2D eigenvalue weighted by Crippen LogP contribution is -2.13. The van der Waals surface area contributed by atoms with Gasteiger partial charge in [0.05, 0.1) is 0 Å². The smallest absolute Gasteiger partial charge is 0.268 e. The van der Waals surface area contributed by atoms with E-state index < -0.39 is 5.91 Å². The number of nitrogens with zero attached hydrogens (tertiary/aromatic N) is 2. The molecule has 6 heteroatoms. The van der Waals surface area contributed by atoms with Gasteiger partial charge in [0.15, 0.2) is 5.13 Å². The molecule has 0 saturated carbocycles. The summed E-state index contributed by atoms with van der Waals surface area (Å²) >= 11 is 1.36. The summed E-state index contributed by atoms with van der Waals surface area (Å²) in [5.41, 5.74) is 1.65. The Labute approximate surface area is 154 Å². The summed E-state index contributed by atoms with van der Waals surface area (Å²) in [5.74, 6) is -0.920. The highest BCUT2D eigenvalue weighted by Gasteiger charge is 2.12. The maximum Gasteiger partial charge on any atom is 0.268 e. The number of aromatic nitrogens is 1. The van der Waals surface area contributed by atoms with E-state index in [-0.39, 0.29) is 11.4 Å². The van der Waals surface area contributed by atoms with Crippen LogP contribution in [0.5, 0.6) is 0 Å². The fraction of sp³-hybridized carbons (Fsp3) is 0.0500. The van der Waals surface area contributed by atoms with Crippen LogP contribution in [0.4, 0.5) is 9.52 Å². The Morgan fingerprint density at radius 2 is 1.92 bits per heavy atom. The van der Waals surface area contributed by atoms with E-state index in [0.29, 0.717) is 10.7 Å². The highest BCUT2D eigenvalue weighted by atomic mass is 32.1. The molecule has 1 heterocycles. The number of thiazole rings is 1. The van der Waals surface area contributed by atoms with Crippen LogP contribution in [0.2, 0.25) is 0 Å². The predicted octanol–water partition coefficient (Wildman–Crippen LogP) is 4.42. The van der Waals surface area contributed by atoms with Crippen LogP contribution in [0, 0.1) is 17.1 Å². The highest BCUT2D eigenvalue weighted by molar-refractivity contribution is 7.15. The summed E-state index contributed by atoms with van der Waals surface area (Å²) in [6.45, 7) is 0. The minimum atomic E-state index is -0.544. The van der Waals surface area contributed by atoms with Gasteiger partial charge in [-0.2, -0.15) is 5.26 Å². The van der Waals surface area contributed by atoms with Crippen LogP contribution >= 0.6 is 11.3 Å². The van der Waals surface area contributed by atoms with Crippen molar-refractivity contribution in [3.8, 4) is 6.07 Å². The van der Waals surface area contributed by atoms with Crippen LogP contribution < -0.4 is 5.32 Å². The first-order chi connectivity index (χ1) is 12.6. The van der Waals surface area contributed by atoms with Gasteiger partial charge in [-0.3, -0.25) is 10.1 Å². The van der Waals surface area contributed by atoms with Crippen LogP contribution in [0.15, 0.2) is 66.4 Å². The standard InChI is InChI=1S/C20H14FN3OS/c21-17-8-6-15(7-9-17)10-16(12-22)19(25)24-20-23-13-18(26-20)11-14-4-2-1-3-5-14/h1-10,13H,11H2,(H,23,24,25)/b16-10+. The zero-order chi connectivity index (χ0) is 18.4. The van der Waals surface area contributed by atoms with Crippen molar-refractivity contribution in [2.45, 2.75) is 6.42 Å². The summed E-state index contributed by atoms with van der Waals surface area (Å²) in [7, 11) is 0. The second kappa shape index (κ2) is 8.19. The number of amides is 1. The Morgan fingerprint density at radius 1 is 1.19 bits per heavy atom. The topological polar surface area (TPSA) is 65.8 Å². The number of carbonyl (C=O) groups is 1. The Morgan fingerprint density at radius 3 is 2.62 bits per heavy atom. The molecule has 4 nitrogen and oxygen atoms in total. The first-order valence-electron chi connectivity index (χ1n) is 7.81. The predicted molar refractivity (Wildman–Crippen MR) is 100.0 cm³/mol. The molecule has 1 amide bonds. The lowest BCUT2D eigenvalue weighted by Gasteiger charge is -2.00. The van der Waals surface area contributed by atoms with Crippen molar-refractivity contribution in [1.82, 2.24) is 4.98 Å². The fourth-order valence-corrected chi connectivity index (χ4v) is 3.12. The Bertz CT molecular complexity index is 972. The average Bonchev–Trinajstić information content (AvgIpc) is 3.08. The van der Waals surface area contributed by atoms with Gasteiger partial charge < -0.3 is 0 Å². The lowest BCUT2D eigenvalue weighted by atomic mass is 10.1. The van der Waals surface area contributed by atoms with Crippen LogP contribution in [0.1, 0.15) is 16.0 Å². The number of nitrogens with one attached hydrogen (secondary N) is 1. The summed E-state index contributed by atoms with van der Waals surface area (Å²) in [6, 6.07) is 17.4. The van der Waals surface area contributed by atoms with Crippen molar-refractivity contribution in [3.05, 3.63) is 88.2 Å². The number of anilines is 1. The van der Waals surface area contributed by atoms with Crippen molar-refractivity contribution in [1.29, 1.82) is 5.26 Å². The molecule has 0 atom stereocenters. The molecule has 1 N–H and O–H groups in total. The number of rotatable bonds is 5. The first-order valence-corrected chi connectivity index (χ1v) is 8.63. The largest absolute Gasteiger partial charge is 0.297 e. The molecule has 0 fully saturated rings. The second-order valence-corrected chi connectivity index (χ2v) is 6.58. The van der Waals surface area contributed by atoms with Crippen molar-refractivity contribution in [3.63, 3.8) is 0 Å². The van der Waals surface area contributed by atoms with Crippen molar-refractivity contribution in [2.24, 2.45) is 0 Å². The molecule has 26 heavy (non-hydrogen) atoms. The number of halogens is 1. The van der Waals surface area contributed by atoms with Crippen molar-refractivity contribution < 1.29 is 9.18 Å². The van der Waals surface area contributed by atoms with Gasteiger partial charge in [0.2, 0.25) is 0 Å². The Balaban J connectivity index is 1.69. The van der Waals surface area contributed by atoms with Crippen LogP contribution in [0.3, 0.4) is 0 Å². The molecule has 0 radical (unpaired) electrons. The number of hydrogen-bond donors (Lipinski definition) is 1. The molecule has 0 unspecified atom stereocenters. The van der Waals surface area contributed by atoms with Gasteiger partial charge in [0.25, 0.3) is 5.91 Å². The zero-order valence-electron chi connectivity index (χ0n) is 13.6. The fourth-order valence-electron chi connectivity index (χ4n) is 2.28. The number of carbonyl (C=O) groups excluding carboxylic acids is 1. The molecule has 0 bridgehead atoms. The Kier molecular flexibility index (Phi) is 5.52. The maximum atomic E-state index is 12.9. The molecule has 3 aromatic rings. The van der Waals surface area contributed by atoms with Crippen LogP contribution in [-0.4, -0.2) is 10.9 Å². The first kappa shape index (κ1) is 17.5. The van der Waals surface area contributed by atoms with E-state index in [1.54, 1.807) is 6.20 Å². The van der Waals surface area contributed by atoms with Gasteiger partial charge in [-0.1, -0.05) is 42.5 Å². The third-order valence-corrected chi connectivity index (χ3v) is 4.45. The molecule has 3 rings (SSSR count). The maximum absolute atomic E-state index is 12.9. The SMILES string of the molecule is N#C/C(=C\c1ccc(F)cc1)C(=O)Nc1ncc(Cc2ccccc2)s1. The molecule has 1 aromatic heterocycles. The number of nitriles is 1. The lowest BCUT2D eigenvalue weighted by molar-refractivity contribution is -0.112. The van der Waals surface area contributed by atoms with E-state index in [2.05, 4.69) is 10.3 Å². The minimum Gasteiger partial charge on any atom is -0.297 e. The molecule has 0 aliphatic carbocycles. The number of benzene rings is 2. The summed E-state index contributed by atoms with van der Waals surface area (Å²) < 4.78 is 12.9. The summed E-state index contributed by atoms with van der Waals surface area (Å²) in [6.07, 6.45) is 3.85. The third kappa shape index (κ3) is 4.62. The van der Waals surface area contributed by atoms with Crippen LogP contribution in [0.25, 0.3) is 6.08 Å². The molecule has 0 aliphatic rings. The monoisotopic (exact) mass is 363 g/mol. The molecular weight excluding hydrogens is 349 g/mol. The zero-order valence-corrected chi connectivity index (χ0v) is 14.5. The van der Waals surface area contributed by atoms with Gasteiger partial charge in [0, 0.05) is 17.5 Å². The molecule has 0 saturated heterocycles. The van der Waals surface area contributed by atoms with E-state index in [0.717, 1.165) is 16.9 Å². The average molecular weight is 363 g/mol. The highest BCUT2D eigenvalue weighted by Crippen LogP contribution is 2.22. The van der Waals surface area contributed by atoms with Crippen molar-refractivity contribution >= 4 is 28.5 Å². The van der Waals surface area contributed by atoms with Gasteiger partial charge >= 0.3 is 0 Å². The van der Waals surface area contributed by atoms with Gasteiger partial charge in [-0.15, -0.1) is 11.3 Å². The molecule has 128 valence electrons.